The van der Waals surface area contributed by atoms with E-state index in [-0.39, 0.29) is 0 Å². The van der Waals surface area contributed by atoms with Crippen LogP contribution in [0.3, 0.4) is 0 Å². The minimum Gasteiger partial charge on any atom is -0.497 e. The lowest BCUT2D eigenvalue weighted by Crippen LogP contribution is -1.89. The first-order chi connectivity index (χ1) is 6.11. The molecule has 0 saturated carbocycles. The van der Waals surface area contributed by atoms with Crippen molar-refractivity contribution in [2.24, 2.45) is 0 Å². The van der Waals surface area contributed by atoms with Gasteiger partial charge in [0.05, 0.1) is 7.11 Å². The zero-order valence-corrected chi connectivity index (χ0v) is 9.44. The second-order valence-corrected chi connectivity index (χ2v) is 5.00. The molecule has 0 aliphatic rings. The number of aryl methyl sites for hydroxylation is 1. The van der Waals surface area contributed by atoms with Crippen molar-refractivity contribution in [3.63, 3.8) is 0 Å². The van der Waals surface area contributed by atoms with Gasteiger partial charge in [0.15, 0.2) is 0 Å². The van der Waals surface area contributed by atoms with Crippen LogP contribution >= 0.6 is 11.8 Å². The lowest BCUT2D eigenvalue weighted by Gasteiger charge is -2.08. The van der Waals surface area contributed by atoms with Gasteiger partial charge in [-0.05, 0) is 30.7 Å². The quantitative estimate of drug-likeness (QED) is 0.684. The highest BCUT2D eigenvalue weighted by atomic mass is 32.2. The van der Waals surface area contributed by atoms with Crippen LogP contribution in [0.1, 0.15) is 19.4 Å². The van der Waals surface area contributed by atoms with Crippen molar-refractivity contribution in [1.29, 1.82) is 0 Å². The second-order valence-electron chi connectivity index (χ2n) is 3.35. The Morgan fingerprint density at radius 2 is 1.92 bits per heavy atom. The molecule has 0 atom stereocenters. The van der Waals surface area contributed by atoms with Gasteiger partial charge in [-0.15, -0.1) is 11.8 Å². The summed E-state index contributed by atoms with van der Waals surface area (Å²) in [5, 5.41) is 0.617. The fourth-order valence-electron chi connectivity index (χ4n) is 1.17. The van der Waals surface area contributed by atoms with Crippen LogP contribution in [-0.2, 0) is 0 Å². The van der Waals surface area contributed by atoms with E-state index in [0.717, 1.165) is 5.75 Å². The summed E-state index contributed by atoms with van der Waals surface area (Å²) in [4.78, 5) is 1.28. The van der Waals surface area contributed by atoms with E-state index in [1.807, 2.05) is 17.8 Å². The Hall–Kier alpha value is -0.630. The number of methoxy groups -OCH3 is 1. The fraction of sp³-hybridized carbons (Fsp3) is 0.455. The average Bonchev–Trinajstić information content (AvgIpc) is 2.01. The summed E-state index contributed by atoms with van der Waals surface area (Å²) in [5.74, 6) is 0.947. The van der Waals surface area contributed by atoms with E-state index in [9.17, 15) is 0 Å². The van der Waals surface area contributed by atoms with Gasteiger partial charge in [-0.1, -0.05) is 13.8 Å². The summed E-state index contributed by atoms with van der Waals surface area (Å²) < 4.78 is 5.20. The molecule has 1 rings (SSSR count). The molecular formula is C11H16OS. The molecule has 1 nitrogen and oxygen atoms in total. The predicted octanol–water partition coefficient (Wildman–Crippen LogP) is 3.50. The lowest BCUT2D eigenvalue weighted by atomic mass is 10.2. The lowest BCUT2D eigenvalue weighted by molar-refractivity contribution is 0.413. The predicted molar refractivity (Wildman–Crippen MR) is 58.7 cm³/mol. The molecule has 0 fully saturated rings. The van der Waals surface area contributed by atoms with Gasteiger partial charge in [-0.3, -0.25) is 0 Å². The van der Waals surface area contributed by atoms with Crippen molar-refractivity contribution < 1.29 is 4.74 Å². The molecular weight excluding hydrogens is 180 g/mol. The van der Waals surface area contributed by atoms with Crippen LogP contribution in [0.5, 0.6) is 5.75 Å². The highest BCUT2D eigenvalue weighted by Gasteiger charge is 2.01. The molecule has 72 valence electrons. The highest BCUT2D eigenvalue weighted by Crippen LogP contribution is 2.27. The van der Waals surface area contributed by atoms with Gasteiger partial charge in [0, 0.05) is 10.1 Å². The van der Waals surface area contributed by atoms with Gasteiger partial charge < -0.3 is 4.74 Å². The number of hydrogen-bond acceptors (Lipinski definition) is 2. The van der Waals surface area contributed by atoms with Gasteiger partial charge in [-0.2, -0.15) is 0 Å². The maximum absolute atomic E-state index is 5.20. The van der Waals surface area contributed by atoms with Gasteiger partial charge in [0.1, 0.15) is 5.75 Å². The topological polar surface area (TPSA) is 9.23 Å². The number of benzene rings is 1. The molecule has 0 heterocycles. The van der Waals surface area contributed by atoms with Crippen molar-refractivity contribution >= 4 is 11.8 Å². The van der Waals surface area contributed by atoms with Crippen LogP contribution in [0, 0.1) is 6.92 Å². The number of ether oxygens (including phenoxy) is 1. The van der Waals surface area contributed by atoms with Crippen molar-refractivity contribution in [1.82, 2.24) is 0 Å². The molecule has 0 aliphatic carbocycles. The van der Waals surface area contributed by atoms with Crippen molar-refractivity contribution in [3.05, 3.63) is 23.8 Å². The monoisotopic (exact) mass is 196 g/mol. The summed E-state index contributed by atoms with van der Waals surface area (Å²) in [5.41, 5.74) is 1.25. The maximum atomic E-state index is 5.20. The Morgan fingerprint density at radius 3 is 2.46 bits per heavy atom. The van der Waals surface area contributed by atoms with Crippen molar-refractivity contribution in [2.45, 2.75) is 30.9 Å². The van der Waals surface area contributed by atoms with E-state index < -0.39 is 0 Å². The molecule has 1 aromatic rings. The molecule has 1 aromatic carbocycles. The molecule has 2 heteroatoms. The highest BCUT2D eigenvalue weighted by molar-refractivity contribution is 7.99. The van der Waals surface area contributed by atoms with Crippen molar-refractivity contribution in [2.75, 3.05) is 7.11 Å². The third-order valence-electron chi connectivity index (χ3n) is 1.63. The molecule has 0 aromatic heterocycles. The second kappa shape index (κ2) is 4.56. The summed E-state index contributed by atoms with van der Waals surface area (Å²) >= 11 is 1.86. The van der Waals surface area contributed by atoms with Crippen LogP contribution in [0.25, 0.3) is 0 Å². The SMILES string of the molecule is COc1cc(C)cc(SC(C)C)c1. The van der Waals surface area contributed by atoms with E-state index in [4.69, 9.17) is 4.74 Å². The molecule has 13 heavy (non-hydrogen) atoms. The average molecular weight is 196 g/mol. The van der Waals surface area contributed by atoms with E-state index in [0.29, 0.717) is 5.25 Å². The molecule has 0 aliphatic heterocycles. The van der Waals surface area contributed by atoms with E-state index >= 15 is 0 Å². The first-order valence-corrected chi connectivity index (χ1v) is 5.32. The fourth-order valence-corrected chi connectivity index (χ4v) is 2.15. The van der Waals surface area contributed by atoms with Crippen LogP contribution in [0.15, 0.2) is 23.1 Å². The van der Waals surface area contributed by atoms with Gasteiger partial charge in [0.2, 0.25) is 0 Å². The largest absolute Gasteiger partial charge is 0.497 e. The molecule has 0 bridgehead atoms. The normalized spacial score (nSPS) is 10.5. The summed E-state index contributed by atoms with van der Waals surface area (Å²) in [7, 11) is 1.71. The van der Waals surface area contributed by atoms with Gasteiger partial charge in [0.25, 0.3) is 0 Å². The molecule has 0 radical (unpaired) electrons. The Kier molecular flexibility index (Phi) is 3.67. The minimum absolute atomic E-state index is 0.617. The third-order valence-corrected chi connectivity index (χ3v) is 2.61. The molecule has 0 spiro atoms. The summed E-state index contributed by atoms with van der Waals surface area (Å²) in [6.07, 6.45) is 0. The van der Waals surface area contributed by atoms with E-state index in [1.54, 1.807) is 7.11 Å². The van der Waals surface area contributed by atoms with E-state index in [2.05, 4.69) is 32.9 Å². The molecule has 0 unspecified atom stereocenters. The zero-order chi connectivity index (χ0) is 9.84. The third kappa shape index (κ3) is 3.31. The number of thioether (sulfide) groups is 1. The Morgan fingerprint density at radius 1 is 1.23 bits per heavy atom. The smallest absolute Gasteiger partial charge is 0.120 e. The first-order valence-electron chi connectivity index (χ1n) is 4.44. The van der Waals surface area contributed by atoms with Crippen molar-refractivity contribution in [3.8, 4) is 5.75 Å². The van der Waals surface area contributed by atoms with Gasteiger partial charge in [-0.25, -0.2) is 0 Å². The van der Waals surface area contributed by atoms with Crippen LogP contribution in [0.4, 0.5) is 0 Å². The minimum atomic E-state index is 0.617. The zero-order valence-electron chi connectivity index (χ0n) is 8.63. The Bertz CT molecular complexity index is 281. The van der Waals surface area contributed by atoms with Gasteiger partial charge >= 0.3 is 0 Å². The first kappa shape index (κ1) is 10.5. The standard InChI is InChI=1S/C11H16OS/c1-8(2)13-11-6-9(3)5-10(7-11)12-4/h5-8H,1-4H3. The molecule has 0 amide bonds. The van der Waals surface area contributed by atoms with Crippen LogP contribution in [-0.4, -0.2) is 12.4 Å². The summed E-state index contributed by atoms with van der Waals surface area (Å²) in [6.45, 7) is 6.48. The van der Waals surface area contributed by atoms with E-state index in [1.165, 1.54) is 10.5 Å². The molecule has 0 N–H and O–H groups in total. The Balaban J connectivity index is 2.88. The molecule has 0 saturated heterocycles. The summed E-state index contributed by atoms with van der Waals surface area (Å²) in [6, 6.07) is 6.31. The van der Waals surface area contributed by atoms with Crippen LogP contribution in [0.2, 0.25) is 0 Å². The number of rotatable bonds is 3. The van der Waals surface area contributed by atoms with Crippen LogP contribution < -0.4 is 4.74 Å². The Labute approximate surface area is 84.5 Å². The maximum Gasteiger partial charge on any atom is 0.120 e. The number of hydrogen-bond donors (Lipinski definition) is 0.